The first-order valence-corrected chi connectivity index (χ1v) is 8.39. The second-order valence-electron chi connectivity index (χ2n) is 6.75. The van der Waals surface area contributed by atoms with Crippen LogP contribution in [0.5, 0.6) is 0 Å². The van der Waals surface area contributed by atoms with Crippen molar-refractivity contribution in [1.29, 1.82) is 0 Å². The molecule has 0 amide bonds. The average Bonchev–Trinajstić information content (AvgIpc) is 2.88. The summed E-state index contributed by atoms with van der Waals surface area (Å²) < 4.78 is 0. The normalized spacial score (nSPS) is 38.2. The molecule has 2 aliphatic heterocycles. The van der Waals surface area contributed by atoms with Crippen molar-refractivity contribution in [1.82, 2.24) is 10.2 Å². The molecule has 0 radical (unpaired) electrons. The number of rotatable bonds is 4. The molecule has 3 rings (SSSR count). The summed E-state index contributed by atoms with van der Waals surface area (Å²) in [5.74, 6) is 0. The Morgan fingerprint density at radius 3 is 2.11 bits per heavy atom. The highest BCUT2D eigenvalue weighted by atomic mass is 15.2. The van der Waals surface area contributed by atoms with Crippen LogP contribution in [0.4, 0.5) is 0 Å². The van der Waals surface area contributed by atoms with Crippen LogP contribution in [0, 0.1) is 0 Å². The zero-order valence-electron chi connectivity index (χ0n) is 12.0. The molecule has 1 N–H and O–H groups in total. The summed E-state index contributed by atoms with van der Waals surface area (Å²) in [7, 11) is 0. The largest absolute Gasteiger partial charge is 0.314 e. The predicted molar refractivity (Wildman–Crippen MR) is 76.8 cm³/mol. The molecular formula is C16H30N2. The van der Waals surface area contributed by atoms with Gasteiger partial charge >= 0.3 is 0 Å². The Balaban J connectivity index is 1.63. The van der Waals surface area contributed by atoms with E-state index in [0.29, 0.717) is 0 Å². The molecule has 1 saturated carbocycles. The Bertz CT molecular complexity index is 246. The maximum atomic E-state index is 3.78. The van der Waals surface area contributed by atoms with Gasteiger partial charge in [0.2, 0.25) is 0 Å². The molecule has 1 aliphatic carbocycles. The average molecular weight is 250 g/mol. The third-order valence-corrected chi connectivity index (χ3v) is 5.46. The van der Waals surface area contributed by atoms with Gasteiger partial charge in [-0.25, -0.2) is 0 Å². The van der Waals surface area contributed by atoms with Gasteiger partial charge in [0.05, 0.1) is 0 Å². The number of nitrogens with one attached hydrogen (secondary N) is 1. The van der Waals surface area contributed by atoms with Gasteiger partial charge in [0.25, 0.3) is 0 Å². The molecule has 2 heteroatoms. The highest BCUT2D eigenvalue weighted by Crippen LogP contribution is 2.39. The zero-order valence-corrected chi connectivity index (χ0v) is 12.0. The lowest BCUT2D eigenvalue weighted by Gasteiger charge is -2.52. The van der Waals surface area contributed by atoms with E-state index < -0.39 is 0 Å². The fourth-order valence-corrected chi connectivity index (χ4v) is 4.73. The van der Waals surface area contributed by atoms with Crippen molar-refractivity contribution in [3.05, 3.63) is 0 Å². The van der Waals surface area contributed by atoms with Gasteiger partial charge in [-0.1, -0.05) is 26.2 Å². The van der Waals surface area contributed by atoms with Gasteiger partial charge < -0.3 is 5.32 Å². The molecular weight excluding hydrogens is 220 g/mol. The molecule has 0 spiro atoms. The lowest BCUT2D eigenvalue weighted by Crippen LogP contribution is -2.59. The standard InChI is InChI=1S/C16H30N2/c1-2-10-17-13-11-15-8-5-9-16(12-13)18(15)14-6-3-4-7-14/h13-17H,2-12H2,1H3. The van der Waals surface area contributed by atoms with Gasteiger partial charge in [-0.05, 0) is 51.5 Å². The molecule has 0 aromatic carbocycles. The van der Waals surface area contributed by atoms with Gasteiger partial charge in [-0.15, -0.1) is 0 Å². The third kappa shape index (κ3) is 2.60. The summed E-state index contributed by atoms with van der Waals surface area (Å²) in [4.78, 5) is 2.97. The molecule has 0 aromatic rings. The highest BCUT2D eigenvalue weighted by Gasteiger charge is 2.41. The van der Waals surface area contributed by atoms with Gasteiger partial charge in [-0.3, -0.25) is 4.90 Å². The topological polar surface area (TPSA) is 15.3 Å². The van der Waals surface area contributed by atoms with E-state index in [1.165, 1.54) is 70.8 Å². The molecule has 0 aromatic heterocycles. The molecule has 104 valence electrons. The van der Waals surface area contributed by atoms with E-state index in [0.717, 1.165) is 24.2 Å². The summed E-state index contributed by atoms with van der Waals surface area (Å²) in [6.07, 6.45) is 14.5. The number of piperidine rings is 2. The fourth-order valence-electron chi connectivity index (χ4n) is 4.73. The Morgan fingerprint density at radius 1 is 0.889 bits per heavy atom. The van der Waals surface area contributed by atoms with Crippen LogP contribution < -0.4 is 5.32 Å². The number of hydrogen-bond acceptors (Lipinski definition) is 2. The molecule has 2 nitrogen and oxygen atoms in total. The van der Waals surface area contributed by atoms with Crippen LogP contribution in [0.15, 0.2) is 0 Å². The minimum atomic E-state index is 0.818. The van der Waals surface area contributed by atoms with Crippen LogP contribution >= 0.6 is 0 Å². The minimum Gasteiger partial charge on any atom is -0.314 e. The molecule has 18 heavy (non-hydrogen) atoms. The second-order valence-corrected chi connectivity index (χ2v) is 6.75. The Morgan fingerprint density at radius 2 is 1.50 bits per heavy atom. The second kappa shape index (κ2) is 5.92. The third-order valence-electron chi connectivity index (χ3n) is 5.46. The Labute approximate surface area is 113 Å². The van der Waals surface area contributed by atoms with E-state index in [1.807, 2.05) is 0 Å². The molecule has 2 bridgehead atoms. The Kier molecular flexibility index (Phi) is 4.25. The van der Waals surface area contributed by atoms with Crippen LogP contribution in [0.1, 0.15) is 71.1 Å². The van der Waals surface area contributed by atoms with E-state index in [1.54, 1.807) is 0 Å². The smallest absolute Gasteiger partial charge is 0.0116 e. The quantitative estimate of drug-likeness (QED) is 0.823. The molecule has 2 saturated heterocycles. The van der Waals surface area contributed by atoms with Gasteiger partial charge in [-0.2, -0.15) is 0 Å². The predicted octanol–water partition coefficient (Wildman–Crippen LogP) is 3.31. The maximum absolute atomic E-state index is 3.78. The van der Waals surface area contributed by atoms with E-state index in [2.05, 4.69) is 17.1 Å². The molecule has 2 unspecified atom stereocenters. The summed E-state index contributed by atoms with van der Waals surface area (Å²) in [6, 6.07) is 3.59. The van der Waals surface area contributed by atoms with Crippen molar-refractivity contribution in [2.45, 2.75) is 95.3 Å². The number of hydrogen-bond donors (Lipinski definition) is 1. The van der Waals surface area contributed by atoms with E-state index >= 15 is 0 Å². The lowest BCUT2D eigenvalue weighted by molar-refractivity contribution is -0.00872. The van der Waals surface area contributed by atoms with Gasteiger partial charge in [0.1, 0.15) is 0 Å². The van der Waals surface area contributed by atoms with E-state index in [4.69, 9.17) is 0 Å². The molecule has 3 aliphatic rings. The van der Waals surface area contributed by atoms with Gasteiger partial charge in [0.15, 0.2) is 0 Å². The first-order chi connectivity index (χ1) is 8.88. The van der Waals surface area contributed by atoms with Crippen LogP contribution in [-0.2, 0) is 0 Å². The highest BCUT2D eigenvalue weighted by molar-refractivity contribution is 4.98. The molecule has 3 fully saturated rings. The van der Waals surface area contributed by atoms with Crippen molar-refractivity contribution in [3.63, 3.8) is 0 Å². The summed E-state index contributed by atoms with van der Waals surface area (Å²) in [5, 5.41) is 3.78. The van der Waals surface area contributed by atoms with Crippen molar-refractivity contribution in [2.75, 3.05) is 6.54 Å². The van der Waals surface area contributed by atoms with Crippen LogP contribution in [0.25, 0.3) is 0 Å². The number of fused-ring (bicyclic) bond motifs is 2. The van der Waals surface area contributed by atoms with Crippen LogP contribution in [-0.4, -0.2) is 35.6 Å². The zero-order chi connectivity index (χ0) is 12.4. The first kappa shape index (κ1) is 12.9. The lowest BCUT2D eigenvalue weighted by atomic mass is 9.80. The molecule has 2 heterocycles. The summed E-state index contributed by atoms with van der Waals surface area (Å²) >= 11 is 0. The van der Waals surface area contributed by atoms with Crippen LogP contribution in [0.3, 0.4) is 0 Å². The van der Waals surface area contributed by atoms with E-state index in [-0.39, 0.29) is 0 Å². The van der Waals surface area contributed by atoms with Crippen LogP contribution in [0.2, 0.25) is 0 Å². The number of nitrogens with zero attached hydrogens (tertiary/aromatic N) is 1. The monoisotopic (exact) mass is 250 g/mol. The molecule has 2 atom stereocenters. The summed E-state index contributed by atoms with van der Waals surface area (Å²) in [5.41, 5.74) is 0. The Hall–Kier alpha value is -0.0800. The maximum Gasteiger partial charge on any atom is 0.0116 e. The SMILES string of the molecule is CCCNC1CC2CCCC(C1)N2C1CCCC1. The van der Waals surface area contributed by atoms with Gasteiger partial charge in [0, 0.05) is 24.2 Å². The van der Waals surface area contributed by atoms with Crippen molar-refractivity contribution in [3.8, 4) is 0 Å². The fraction of sp³-hybridized carbons (Fsp3) is 1.00. The van der Waals surface area contributed by atoms with E-state index in [9.17, 15) is 0 Å². The minimum absolute atomic E-state index is 0.818. The van der Waals surface area contributed by atoms with Crippen molar-refractivity contribution < 1.29 is 0 Å². The first-order valence-electron chi connectivity index (χ1n) is 8.39. The van der Waals surface area contributed by atoms with Crippen molar-refractivity contribution in [2.24, 2.45) is 0 Å². The van der Waals surface area contributed by atoms with Crippen molar-refractivity contribution >= 4 is 0 Å². The summed E-state index contributed by atoms with van der Waals surface area (Å²) in [6.45, 7) is 3.50.